The van der Waals surface area contributed by atoms with Crippen LogP contribution in [-0.2, 0) is 9.53 Å². The second-order valence-electron chi connectivity index (χ2n) is 4.08. The first-order chi connectivity index (χ1) is 9.04. The molecule has 0 spiro atoms. The summed E-state index contributed by atoms with van der Waals surface area (Å²) in [5.74, 6) is -0.505. The molecule has 0 aromatic heterocycles. The third kappa shape index (κ3) is 2.56. The quantitative estimate of drug-likeness (QED) is 0.816. The number of halogens is 1. The van der Waals surface area contributed by atoms with Gasteiger partial charge in [0.1, 0.15) is 0 Å². The molecule has 19 heavy (non-hydrogen) atoms. The molecule has 1 aromatic carbocycles. The Labute approximate surface area is 115 Å². The molecule has 0 fully saturated rings. The summed E-state index contributed by atoms with van der Waals surface area (Å²) >= 11 is 6.12. The number of carbonyl (C=O) groups is 2. The largest absolute Gasteiger partial charge is 0.466 e. The summed E-state index contributed by atoms with van der Waals surface area (Å²) in [6.07, 6.45) is 0. The van der Waals surface area contributed by atoms with Gasteiger partial charge in [-0.25, -0.2) is 9.59 Å². The minimum atomic E-state index is -0.616. The van der Waals surface area contributed by atoms with E-state index in [1.807, 2.05) is 0 Å². The highest BCUT2D eigenvalue weighted by Gasteiger charge is 2.32. The van der Waals surface area contributed by atoms with E-state index in [1.165, 1.54) is 7.11 Å². The molecule has 1 aliphatic rings. The monoisotopic (exact) mass is 280 g/mol. The molecular weight excluding hydrogens is 268 g/mol. The van der Waals surface area contributed by atoms with Crippen LogP contribution in [0.3, 0.4) is 0 Å². The van der Waals surface area contributed by atoms with Crippen molar-refractivity contribution in [2.75, 3.05) is 7.11 Å². The lowest BCUT2D eigenvalue weighted by Crippen LogP contribution is -2.45. The maximum atomic E-state index is 11.9. The third-order valence-corrected chi connectivity index (χ3v) is 3.23. The molecule has 2 amide bonds. The number of rotatable bonds is 2. The number of hydrogen-bond acceptors (Lipinski definition) is 3. The lowest BCUT2D eigenvalue weighted by molar-refractivity contribution is -0.136. The van der Waals surface area contributed by atoms with E-state index in [4.69, 9.17) is 16.3 Å². The molecule has 0 saturated heterocycles. The van der Waals surface area contributed by atoms with E-state index in [1.54, 1.807) is 31.2 Å². The first-order valence-electron chi connectivity index (χ1n) is 5.65. The number of benzene rings is 1. The Morgan fingerprint density at radius 1 is 1.37 bits per heavy atom. The zero-order chi connectivity index (χ0) is 14.0. The van der Waals surface area contributed by atoms with Crippen molar-refractivity contribution in [1.82, 2.24) is 10.6 Å². The van der Waals surface area contributed by atoms with E-state index in [0.717, 1.165) is 0 Å². The van der Waals surface area contributed by atoms with Crippen molar-refractivity contribution in [3.8, 4) is 0 Å². The maximum Gasteiger partial charge on any atom is 0.337 e. The minimum absolute atomic E-state index is 0.343. The lowest BCUT2D eigenvalue weighted by atomic mass is 9.95. The van der Waals surface area contributed by atoms with E-state index < -0.39 is 12.0 Å². The van der Waals surface area contributed by atoms with Crippen LogP contribution in [0.2, 0.25) is 5.02 Å². The van der Waals surface area contributed by atoms with Crippen LogP contribution in [0.15, 0.2) is 35.5 Å². The fraction of sp³-hybridized carbons (Fsp3) is 0.231. The molecule has 0 aliphatic carbocycles. The van der Waals surface area contributed by atoms with E-state index in [9.17, 15) is 9.59 Å². The van der Waals surface area contributed by atoms with Crippen molar-refractivity contribution in [3.05, 3.63) is 46.1 Å². The number of methoxy groups -OCH3 is 1. The molecule has 5 nitrogen and oxygen atoms in total. The van der Waals surface area contributed by atoms with Gasteiger partial charge in [0, 0.05) is 10.7 Å². The molecule has 0 unspecified atom stereocenters. The van der Waals surface area contributed by atoms with Gasteiger partial charge in [0.2, 0.25) is 0 Å². The van der Waals surface area contributed by atoms with Crippen molar-refractivity contribution in [2.45, 2.75) is 13.0 Å². The molecule has 0 radical (unpaired) electrons. The summed E-state index contributed by atoms with van der Waals surface area (Å²) in [6.45, 7) is 1.65. The predicted molar refractivity (Wildman–Crippen MR) is 70.6 cm³/mol. The van der Waals surface area contributed by atoms with Gasteiger partial charge in [-0.3, -0.25) is 0 Å². The number of amides is 2. The fourth-order valence-electron chi connectivity index (χ4n) is 2.02. The van der Waals surface area contributed by atoms with E-state index in [0.29, 0.717) is 21.9 Å². The van der Waals surface area contributed by atoms with Crippen molar-refractivity contribution in [3.63, 3.8) is 0 Å². The van der Waals surface area contributed by atoms with E-state index in [2.05, 4.69) is 10.6 Å². The van der Waals surface area contributed by atoms with Crippen LogP contribution in [-0.4, -0.2) is 19.1 Å². The van der Waals surface area contributed by atoms with Gasteiger partial charge in [0.25, 0.3) is 0 Å². The smallest absolute Gasteiger partial charge is 0.337 e. The molecule has 6 heteroatoms. The Hall–Kier alpha value is -2.01. The van der Waals surface area contributed by atoms with Crippen LogP contribution in [0, 0.1) is 0 Å². The first kappa shape index (κ1) is 13.4. The third-order valence-electron chi connectivity index (χ3n) is 2.89. The second-order valence-corrected chi connectivity index (χ2v) is 4.49. The van der Waals surface area contributed by atoms with Crippen LogP contribution in [0.5, 0.6) is 0 Å². The van der Waals surface area contributed by atoms with Gasteiger partial charge in [0.15, 0.2) is 0 Å². The van der Waals surface area contributed by atoms with E-state index in [-0.39, 0.29) is 6.03 Å². The number of carbonyl (C=O) groups excluding carboxylic acids is 2. The summed E-state index contributed by atoms with van der Waals surface area (Å²) in [4.78, 5) is 23.4. The number of hydrogen-bond donors (Lipinski definition) is 2. The number of esters is 1. The number of ether oxygens (including phenoxy) is 1. The Morgan fingerprint density at radius 3 is 2.68 bits per heavy atom. The summed E-state index contributed by atoms with van der Waals surface area (Å²) in [6, 6.07) is 6.04. The highest BCUT2D eigenvalue weighted by molar-refractivity contribution is 6.31. The second kappa shape index (κ2) is 5.32. The summed E-state index contributed by atoms with van der Waals surface area (Å²) < 4.78 is 4.76. The van der Waals surface area contributed by atoms with Crippen LogP contribution in [0.1, 0.15) is 18.5 Å². The van der Waals surface area contributed by atoms with Crippen LogP contribution in [0.4, 0.5) is 4.79 Å². The van der Waals surface area contributed by atoms with Gasteiger partial charge in [-0.1, -0.05) is 29.8 Å². The molecule has 1 aromatic rings. The summed E-state index contributed by atoms with van der Waals surface area (Å²) in [5.41, 5.74) is 1.45. The molecule has 0 saturated carbocycles. The van der Waals surface area contributed by atoms with Gasteiger partial charge in [0.05, 0.1) is 18.7 Å². The number of allylic oxidation sites excluding steroid dienone is 1. The standard InChI is InChI=1S/C13H13ClN2O3/c1-7-10(12(17)19-2)11(16-13(18)15-7)8-5-3-4-6-9(8)14/h3-6,11H,1-2H3,(H2,15,16,18)/t11-/m1/s1. The Kier molecular flexibility index (Phi) is 3.76. The topological polar surface area (TPSA) is 67.4 Å². The molecule has 1 atom stereocenters. The molecular formula is C13H13ClN2O3. The Balaban J connectivity index is 2.53. The van der Waals surface area contributed by atoms with Gasteiger partial charge in [-0.05, 0) is 18.6 Å². The summed E-state index contributed by atoms with van der Waals surface area (Å²) in [7, 11) is 1.29. The van der Waals surface area contributed by atoms with Crippen LogP contribution < -0.4 is 10.6 Å². The SMILES string of the molecule is COC(=O)C1=C(C)NC(=O)N[C@@H]1c1ccccc1Cl. The molecule has 1 aliphatic heterocycles. The van der Waals surface area contributed by atoms with Crippen molar-refractivity contribution in [1.29, 1.82) is 0 Å². The van der Waals surface area contributed by atoms with E-state index >= 15 is 0 Å². The number of urea groups is 1. The number of nitrogens with one attached hydrogen (secondary N) is 2. The normalized spacial score (nSPS) is 18.7. The summed E-state index contributed by atoms with van der Waals surface area (Å²) in [5, 5.41) is 5.70. The highest BCUT2D eigenvalue weighted by Crippen LogP contribution is 2.31. The van der Waals surface area contributed by atoms with Gasteiger partial charge >= 0.3 is 12.0 Å². The average Bonchev–Trinajstić information content (AvgIpc) is 2.37. The van der Waals surface area contributed by atoms with Crippen molar-refractivity contribution >= 4 is 23.6 Å². The van der Waals surface area contributed by atoms with Gasteiger partial charge < -0.3 is 15.4 Å². The van der Waals surface area contributed by atoms with Gasteiger partial charge in [-0.15, -0.1) is 0 Å². The van der Waals surface area contributed by atoms with Crippen LogP contribution in [0.25, 0.3) is 0 Å². The lowest BCUT2D eigenvalue weighted by Gasteiger charge is -2.28. The fourth-order valence-corrected chi connectivity index (χ4v) is 2.26. The maximum absolute atomic E-state index is 11.9. The first-order valence-corrected chi connectivity index (χ1v) is 6.03. The van der Waals surface area contributed by atoms with Crippen molar-refractivity contribution < 1.29 is 14.3 Å². The molecule has 100 valence electrons. The predicted octanol–water partition coefficient (Wildman–Crippen LogP) is 2.14. The van der Waals surface area contributed by atoms with Gasteiger partial charge in [-0.2, -0.15) is 0 Å². The molecule has 2 rings (SSSR count). The zero-order valence-electron chi connectivity index (χ0n) is 10.5. The highest BCUT2D eigenvalue weighted by atomic mass is 35.5. The minimum Gasteiger partial charge on any atom is -0.466 e. The Morgan fingerprint density at radius 2 is 2.05 bits per heavy atom. The molecule has 0 bridgehead atoms. The zero-order valence-corrected chi connectivity index (χ0v) is 11.2. The molecule has 1 heterocycles. The molecule has 2 N–H and O–H groups in total. The van der Waals surface area contributed by atoms with Crippen LogP contribution >= 0.6 is 11.6 Å². The Bertz CT molecular complexity index is 569. The van der Waals surface area contributed by atoms with Crippen molar-refractivity contribution in [2.24, 2.45) is 0 Å². The average molecular weight is 281 g/mol.